The highest BCUT2D eigenvalue weighted by atomic mass is 16.1. The summed E-state index contributed by atoms with van der Waals surface area (Å²) in [7, 11) is 0. The zero-order valence-electron chi connectivity index (χ0n) is 10.3. The number of carbonyl (C=O) groups excluding carboxylic acids is 1. The van der Waals surface area contributed by atoms with Crippen molar-refractivity contribution in [1.29, 1.82) is 0 Å². The van der Waals surface area contributed by atoms with Crippen LogP contribution in [-0.4, -0.2) is 33.1 Å². The van der Waals surface area contributed by atoms with E-state index in [4.69, 9.17) is 0 Å². The Bertz CT molecular complexity index is 567. The summed E-state index contributed by atoms with van der Waals surface area (Å²) in [6.45, 7) is 1.10. The molecule has 3 rings (SSSR count). The number of hydrogen-bond donors (Lipinski definition) is 3. The fraction of sp³-hybridized carbons (Fsp3) is 0.333. The molecule has 1 aliphatic heterocycles. The van der Waals surface area contributed by atoms with Gasteiger partial charge in [0.2, 0.25) is 5.91 Å². The van der Waals surface area contributed by atoms with Crippen LogP contribution in [-0.2, 0) is 11.3 Å². The van der Waals surface area contributed by atoms with Gasteiger partial charge in [-0.15, -0.1) is 10.2 Å². The normalized spacial score (nSPS) is 17.4. The summed E-state index contributed by atoms with van der Waals surface area (Å²) in [6.07, 6.45) is 0.787. The molecule has 0 radical (unpaired) electrons. The van der Waals surface area contributed by atoms with Crippen LogP contribution in [0.2, 0.25) is 0 Å². The van der Waals surface area contributed by atoms with E-state index in [1.165, 1.54) is 0 Å². The maximum absolute atomic E-state index is 12.2. The molecule has 1 amide bonds. The van der Waals surface area contributed by atoms with Gasteiger partial charge in [0.15, 0.2) is 5.82 Å². The number of amides is 1. The van der Waals surface area contributed by atoms with E-state index in [-0.39, 0.29) is 11.8 Å². The van der Waals surface area contributed by atoms with Crippen molar-refractivity contribution in [3.63, 3.8) is 0 Å². The summed E-state index contributed by atoms with van der Waals surface area (Å²) in [5.41, 5.74) is 2.08. The minimum absolute atomic E-state index is 0.00116. The third-order valence-corrected chi connectivity index (χ3v) is 3.21. The van der Waals surface area contributed by atoms with Crippen LogP contribution in [0.3, 0.4) is 0 Å². The molecule has 0 fully saturated rings. The van der Waals surface area contributed by atoms with Crippen LogP contribution in [0.5, 0.6) is 0 Å². The lowest BCUT2D eigenvalue weighted by molar-refractivity contribution is -0.122. The molecule has 1 atom stereocenters. The molecule has 1 aliphatic rings. The van der Waals surface area contributed by atoms with Crippen molar-refractivity contribution in [3.05, 3.63) is 35.7 Å². The van der Waals surface area contributed by atoms with Crippen LogP contribution in [0.1, 0.15) is 23.7 Å². The summed E-state index contributed by atoms with van der Waals surface area (Å²) in [4.78, 5) is 12.2. The molecule has 0 saturated carbocycles. The zero-order valence-corrected chi connectivity index (χ0v) is 10.3. The third-order valence-electron chi connectivity index (χ3n) is 3.21. The van der Waals surface area contributed by atoms with E-state index in [0.717, 1.165) is 24.2 Å². The number of anilines is 1. The Balaban J connectivity index is 1.71. The topological polar surface area (TPSA) is 95.6 Å². The van der Waals surface area contributed by atoms with E-state index >= 15 is 0 Å². The molecule has 0 aliphatic carbocycles. The number of fused-ring (bicyclic) bond motifs is 1. The molecule has 2 heterocycles. The van der Waals surface area contributed by atoms with E-state index in [9.17, 15) is 4.79 Å². The number of hydrogen-bond acceptors (Lipinski definition) is 5. The van der Waals surface area contributed by atoms with E-state index < -0.39 is 0 Å². The van der Waals surface area contributed by atoms with Crippen molar-refractivity contribution in [2.24, 2.45) is 0 Å². The number of H-pyrrole nitrogens is 1. The number of aromatic amines is 1. The molecule has 1 aromatic carbocycles. The Kier molecular flexibility index (Phi) is 3.09. The Morgan fingerprint density at radius 2 is 2.32 bits per heavy atom. The van der Waals surface area contributed by atoms with Crippen LogP contribution in [0.25, 0.3) is 0 Å². The summed E-state index contributed by atoms with van der Waals surface area (Å²) >= 11 is 0. The molecule has 0 saturated heterocycles. The van der Waals surface area contributed by atoms with Gasteiger partial charge in [-0.25, -0.2) is 0 Å². The highest BCUT2D eigenvalue weighted by Gasteiger charge is 2.25. The van der Waals surface area contributed by atoms with Gasteiger partial charge in [0, 0.05) is 12.2 Å². The predicted molar refractivity (Wildman–Crippen MR) is 68.3 cm³/mol. The first-order chi connectivity index (χ1) is 9.34. The van der Waals surface area contributed by atoms with E-state index in [1.54, 1.807) is 0 Å². The van der Waals surface area contributed by atoms with Gasteiger partial charge in [0.25, 0.3) is 0 Å². The van der Waals surface area contributed by atoms with E-state index in [2.05, 4.69) is 31.3 Å². The van der Waals surface area contributed by atoms with Crippen molar-refractivity contribution in [1.82, 2.24) is 25.9 Å². The lowest BCUT2D eigenvalue weighted by Gasteiger charge is -2.25. The Morgan fingerprint density at radius 1 is 1.42 bits per heavy atom. The Hall–Kier alpha value is -2.44. The standard InChI is InChI=1S/C12H14N6O/c19-12(14-7-11-15-17-18-16-11)9-5-6-13-10-4-2-1-3-8(9)10/h1-4,9,13H,5-7H2,(H,14,19)(H,15,16,17,18). The number of tetrazole rings is 1. The smallest absolute Gasteiger partial charge is 0.228 e. The van der Waals surface area contributed by atoms with Crippen molar-refractivity contribution >= 4 is 11.6 Å². The van der Waals surface area contributed by atoms with Crippen LogP contribution < -0.4 is 10.6 Å². The second kappa shape index (κ2) is 5.05. The number of nitrogens with one attached hydrogen (secondary N) is 3. The first kappa shape index (κ1) is 11.6. The Labute approximate surface area is 109 Å². The summed E-state index contributed by atoms with van der Waals surface area (Å²) in [5.74, 6) is 0.360. The highest BCUT2D eigenvalue weighted by Crippen LogP contribution is 2.31. The van der Waals surface area contributed by atoms with Gasteiger partial charge in [-0.1, -0.05) is 23.4 Å². The SMILES string of the molecule is O=C(NCc1nn[nH]n1)C1CCNc2ccccc21. The molecule has 19 heavy (non-hydrogen) atoms. The molecule has 98 valence electrons. The van der Waals surface area contributed by atoms with Crippen LogP contribution in [0.4, 0.5) is 5.69 Å². The van der Waals surface area contributed by atoms with Crippen molar-refractivity contribution in [2.75, 3.05) is 11.9 Å². The minimum atomic E-state index is -0.121. The molecule has 7 nitrogen and oxygen atoms in total. The monoisotopic (exact) mass is 258 g/mol. The van der Waals surface area contributed by atoms with Crippen LogP contribution >= 0.6 is 0 Å². The summed E-state index contributed by atoms with van der Waals surface area (Å²) < 4.78 is 0. The van der Waals surface area contributed by atoms with Crippen molar-refractivity contribution in [3.8, 4) is 0 Å². The lowest BCUT2D eigenvalue weighted by atomic mass is 9.90. The second-order valence-corrected chi connectivity index (χ2v) is 4.40. The minimum Gasteiger partial charge on any atom is -0.385 e. The fourth-order valence-corrected chi connectivity index (χ4v) is 2.29. The van der Waals surface area contributed by atoms with Crippen molar-refractivity contribution < 1.29 is 4.79 Å². The summed E-state index contributed by atoms with van der Waals surface area (Å²) in [6, 6.07) is 7.89. The second-order valence-electron chi connectivity index (χ2n) is 4.40. The highest BCUT2D eigenvalue weighted by molar-refractivity contribution is 5.86. The first-order valence-corrected chi connectivity index (χ1v) is 6.17. The number of rotatable bonds is 3. The molecule has 1 unspecified atom stereocenters. The first-order valence-electron chi connectivity index (χ1n) is 6.17. The zero-order chi connectivity index (χ0) is 13.1. The average molecular weight is 258 g/mol. The van der Waals surface area contributed by atoms with Gasteiger partial charge < -0.3 is 10.6 Å². The summed E-state index contributed by atoms with van der Waals surface area (Å²) in [5, 5.41) is 19.6. The van der Waals surface area contributed by atoms with Gasteiger partial charge in [-0.05, 0) is 18.1 Å². The maximum atomic E-state index is 12.2. The number of nitrogens with zero attached hydrogens (tertiary/aromatic N) is 3. The van der Waals surface area contributed by atoms with Crippen LogP contribution in [0.15, 0.2) is 24.3 Å². The van der Waals surface area contributed by atoms with Crippen LogP contribution in [0, 0.1) is 0 Å². The Morgan fingerprint density at radius 3 is 3.16 bits per heavy atom. The van der Waals surface area contributed by atoms with Gasteiger partial charge in [-0.2, -0.15) is 5.21 Å². The molecular weight excluding hydrogens is 244 g/mol. The molecule has 2 aromatic rings. The number of benzene rings is 1. The van der Waals surface area contributed by atoms with E-state index in [1.807, 2.05) is 24.3 Å². The quantitative estimate of drug-likeness (QED) is 0.741. The van der Waals surface area contributed by atoms with Gasteiger partial charge in [0.1, 0.15) is 0 Å². The molecule has 3 N–H and O–H groups in total. The predicted octanol–water partition coefficient (Wildman–Crippen LogP) is 0.415. The number of carbonyl (C=O) groups is 1. The maximum Gasteiger partial charge on any atom is 0.228 e. The molecule has 0 bridgehead atoms. The third kappa shape index (κ3) is 2.40. The molecule has 1 aromatic heterocycles. The average Bonchev–Trinajstić information content (AvgIpc) is 2.97. The largest absolute Gasteiger partial charge is 0.385 e. The fourth-order valence-electron chi connectivity index (χ4n) is 2.29. The van der Waals surface area contributed by atoms with Gasteiger partial charge in [0.05, 0.1) is 12.5 Å². The van der Waals surface area contributed by atoms with E-state index in [0.29, 0.717) is 12.4 Å². The molecular formula is C12H14N6O. The lowest BCUT2D eigenvalue weighted by Crippen LogP contribution is -2.32. The number of para-hydroxylation sites is 1. The number of aromatic nitrogens is 4. The van der Waals surface area contributed by atoms with Gasteiger partial charge >= 0.3 is 0 Å². The molecule has 0 spiro atoms. The molecule has 7 heteroatoms. The van der Waals surface area contributed by atoms with Gasteiger partial charge in [-0.3, -0.25) is 4.79 Å². The van der Waals surface area contributed by atoms with Crippen molar-refractivity contribution in [2.45, 2.75) is 18.9 Å².